The molecule has 0 saturated heterocycles. The van der Waals surface area contributed by atoms with Crippen LogP contribution in [0.5, 0.6) is 0 Å². The average molecular weight is 265 g/mol. The van der Waals surface area contributed by atoms with Gasteiger partial charge in [0.25, 0.3) is 0 Å². The van der Waals surface area contributed by atoms with Crippen molar-refractivity contribution in [3.8, 4) is 0 Å². The molecule has 0 amide bonds. The molecule has 0 aromatic rings. The number of halogens is 1. The van der Waals surface area contributed by atoms with Crippen LogP contribution < -0.4 is 0 Å². The van der Waals surface area contributed by atoms with Crippen LogP contribution >= 0.6 is 9.42 Å². The van der Waals surface area contributed by atoms with Crippen molar-refractivity contribution >= 4 is 9.42 Å². The molecule has 4 N–H and O–H groups in total. The first-order valence-electron chi connectivity index (χ1n) is 0.120. The van der Waals surface area contributed by atoms with Gasteiger partial charge in [-0.05, 0) is 0 Å². The predicted octanol–water partition coefficient (Wildman–Crippen LogP) is 0.579. The summed E-state index contributed by atoms with van der Waals surface area (Å²) in [6.45, 7) is 0. The Morgan fingerprint density at radius 1 is 1.25 bits per heavy atom. The maximum atomic E-state index is 4.61. The number of nitrogens with two attached hydrogens (primary N) is 1. The topological polar surface area (TPSA) is 65.0 Å². The van der Waals surface area contributed by atoms with Gasteiger partial charge in [-0.25, -0.2) is 0 Å². The molecule has 0 unspecified atom stereocenters. The van der Waals surface area contributed by atoms with E-state index in [1.54, 1.807) is 18.8 Å². The van der Waals surface area contributed by atoms with E-state index in [0.717, 1.165) is 0 Å². The second-order valence-corrected chi connectivity index (χ2v) is 0. The maximum absolute atomic E-state index is 4.61. The van der Waals surface area contributed by atoms with Crippen molar-refractivity contribution in [1.82, 2.24) is 0 Å². The van der Waals surface area contributed by atoms with Gasteiger partial charge in [0.15, 0.2) is 0 Å². The minimum absolute atomic E-state index is 0. The van der Waals surface area contributed by atoms with E-state index in [1.165, 1.54) is 0 Å². The fourth-order valence-corrected chi connectivity index (χ4v) is 0. The van der Waals surface area contributed by atoms with Crippen molar-refractivity contribution in [2.45, 2.75) is 0 Å². The zero-order valence-electron chi connectivity index (χ0n) is 1.77. The monoisotopic (exact) mass is 264 g/mol. The van der Waals surface area contributed by atoms with E-state index in [0.29, 0.717) is 0 Å². The molecule has 0 atom stereocenters. The zero-order chi connectivity index (χ0) is 2.00. The smallest absolute Gasteiger partial charge is 0.693 e. The standard InChI is InChI=1S/ClH.H2N.H2O.Pt/h1H;2*1H2;/q;-1;;+2/p-1. The molecule has 0 aromatic heterocycles. The van der Waals surface area contributed by atoms with Crippen molar-refractivity contribution in [3.63, 3.8) is 0 Å². The molecule has 0 radical (unpaired) electrons. The predicted molar refractivity (Wildman–Crippen MR) is 14.8 cm³/mol. The van der Waals surface area contributed by atoms with Crippen LogP contribution in [0.2, 0.25) is 0 Å². The van der Waals surface area contributed by atoms with Gasteiger partial charge >= 0.3 is 28.2 Å². The molecule has 0 aliphatic carbocycles. The summed E-state index contributed by atoms with van der Waals surface area (Å²) in [5.74, 6) is 0. The molecule has 32 valence electrons. The molecule has 0 aliphatic rings. The zero-order valence-corrected chi connectivity index (χ0v) is 4.80. The first-order chi connectivity index (χ1) is 1.00. The third kappa shape index (κ3) is 12.9. The molecule has 4 heavy (non-hydrogen) atoms. The quantitative estimate of drug-likeness (QED) is 0.614. The van der Waals surface area contributed by atoms with Gasteiger partial charge in [0.05, 0.1) is 0 Å². The van der Waals surface area contributed by atoms with Gasteiger partial charge in [-0.1, -0.05) is 0 Å². The van der Waals surface area contributed by atoms with Crippen LogP contribution in [0.3, 0.4) is 0 Å². The molecule has 0 aromatic carbocycles. The summed E-state index contributed by atoms with van der Waals surface area (Å²) in [5.41, 5.74) is 0. The number of hydrogen-bond donors (Lipinski definition) is 0. The van der Waals surface area contributed by atoms with Crippen molar-refractivity contribution < 1.29 is 24.2 Å². The number of hydrogen-bond acceptors (Lipinski definition) is 0. The first-order valence-corrected chi connectivity index (χ1v) is 2.94. The van der Waals surface area contributed by atoms with Crippen LogP contribution in [-0.4, -0.2) is 5.48 Å². The van der Waals surface area contributed by atoms with Crippen LogP contribution in [0.1, 0.15) is 0 Å². The molecule has 0 aliphatic heterocycles. The minimum atomic E-state index is 0. The van der Waals surface area contributed by atoms with Gasteiger partial charge in [0, 0.05) is 0 Å². The van der Waals surface area contributed by atoms with Crippen LogP contribution in [0.4, 0.5) is 0 Å². The summed E-state index contributed by atoms with van der Waals surface area (Å²) in [4.78, 5) is 0. The van der Waals surface area contributed by atoms with Gasteiger partial charge in [-0.15, -0.1) is 0 Å². The Balaban J connectivity index is -0.00000000500. The van der Waals surface area contributed by atoms with Crippen LogP contribution in [0.25, 0.3) is 6.15 Å². The van der Waals surface area contributed by atoms with Crippen molar-refractivity contribution in [1.29, 1.82) is 0 Å². The fraction of sp³-hybridized carbons (Fsp3) is 0. The second-order valence-electron chi connectivity index (χ2n) is 0. The van der Waals surface area contributed by atoms with Crippen molar-refractivity contribution in [2.75, 3.05) is 0 Å². The molecule has 0 spiro atoms. The Bertz CT molecular complexity index is 8.00. The van der Waals surface area contributed by atoms with Crippen LogP contribution in [0.15, 0.2) is 0 Å². The van der Waals surface area contributed by atoms with Crippen molar-refractivity contribution in [3.05, 3.63) is 6.15 Å². The molecule has 2 nitrogen and oxygen atoms in total. The van der Waals surface area contributed by atoms with Gasteiger partial charge in [0.1, 0.15) is 0 Å². The molecular formula is H4ClNOPt. The molecule has 0 fully saturated rings. The largest absolute Gasteiger partial charge is 0.693 e. The summed E-state index contributed by atoms with van der Waals surface area (Å²) >= 11 is 1.61. The van der Waals surface area contributed by atoms with E-state index in [-0.39, 0.29) is 11.6 Å². The Morgan fingerprint density at radius 2 is 1.25 bits per heavy atom. The number of rotatable bonds is 0. The molecule has 4 heteroatoms. The van der Waals surface area contributed by atoms with E-state index in [9.17, 15) is 0 Å². The summed E-state index contributed by atoms with van der Waals surface area (Å²) < 4.78 is 0. The van der Waals surface area contributed by atoms with E-state index in [2.05, 4.69) is 9.42 Å². The minimum Gasteiger partial charge on any atom is -0.693 e. The molecular weight excluding hydrogens is 261 g/mol. The summed E-state index contributed by atoms with van der Waals surface area (Å²) in [6, 6.07) is 0. The van der Waals surface area contributed by atoms with E-state index in [1.807, 2.05) is 0 Å². The van der Waals surface area contributed by atoms with Gasteiger partial charge in [0.2, 0.25) is 0 Å². The second kappa shape index (κ2) is 40.6. The third-order valence-electron chi connectivity index (χ3n) is 0. The maximum Gasteiger partial charge on any atom is -0.693 e. The summed E-state index contributed by atoms with van der Waals surface area (Å²) in [6.07, 6.45) is 0. The fourth-order valence-electron chi connectivity index (χ4n) is 0. The van der Waals surface area contributed by atoms with Gasteiger partial charge < -0.3 is 11.6 Å². The normalized spacial score (nSPS) is 1.75. The summed E-state index contributed by atoms with van der Waals surface area (Å²) in [7, 11) is 4.61. The Morgan fingerprint density at radius 3 is 1.25 bits per heavy atom. The Hall–Kier alpha value is 0.898. The van der Waals surface area contributed by atoms with Crippen LogP contribution in [-0.2, 0) is 18.8 Å². The molecule has 0 rings (SSSR count). The van der Waals surface area contributed by atoms with Gasteiger partial charge in [-0.3, -0.25) is 0 Å². The summed E-state index contributed by atoms with van der Waals surface area (Å²) in [5, 5.41) is 0. The Kier molecular flexibility index (Phi) is 210. The SMILES string of the molecule is O.[Cl][Pt+].[NH2-]. The average Bonchev–Trinajstić information content (AvgIpc) is 1.00. The van der Waals surface area contributed by atoms with E-state index in [4.69, 9.17) is 0 Å². The third-order valence-corrected chi connectivity index (χ3v) is 0. The van der Waals surface area contributed by atoms with Crippen LogP contribution in [0, 0.1) is 0 Å². The van der Waals surface area contributed by atoms with Crippen molar-refractivity contribution in [2.24, 2.45) is 0 Å². The molecule has 0 bridgehead atoms. The molecule has 0 saturated carbocycles. The molecule has 0 heterocycles. The van der Waals surface area contributed by atoms with E-state index >= 15 is 0 Å². The van der Waals surface area contributed by atoms with E-state index < -0.39 is 0 Å². The Labute approximate surface area is 40.2 Å². The first kappa shape index (κ1) is 20.7. The van der Waals surface area contributed by atoms with Gasteiger partial charge in [-0.2, -0.15) is 0 Å².